The molecule has 2 amide bonds. The van der Waals surface area contributed by atoms with Gasteiger partial charge in [0.2, 0.25) is 5.91 Å². The van der Waals surface area contributed by atoms with Gasteiger partial charge in [-0.05, 0) is 49.4 Å². The standard InChI is InChI=1S/C24H32N2O3/c1-5-15-25-24(28)21(6-2)26(16-20-12-8-7-9-13-20)23(27)17-29-22-14-10-11-18(3)19(22)4/h7-14,21H,5-6,15-17H2,1-4H3,(H,25,28). The van der Waals surface area contributed by atoms with E-state index in [1.54, 1.807) is 4.90 Å². The van der Waals surface area contributed by atoms with Gasteiger partial charge >= 0.3 is 0 Å². The zero-order chi connectivity index (χ0) is 21.2. The third-order valence-corrected chi connectivity index (χ3v) is 5.04. The zero-order valence-corrected chi connectivity index (χ0v) is 17.9. The normalized spacial score (nSPS) is 11.6. The van der Waals surface area contributed by atoms with Crippen molar-refractivity contribution in [2.45, 2.75) is 53.1 Å². The van der Waals surface area contributed by atoms with Crippen molar-refractivity contribution >= 4 is 11.8 Å². The van der Waals surface area contributed by atoms with Gasteiger partial charge in [0, 0.05) is 13.1 Å². The average Bonchev–Trinajstić information content (AvgIpc) is 2.73. The van der Waals surface area contributed by atoms with Gasteiger partial charge in [-0.25, -0.2) is 0 Å². The van der Waals surface area contributed by atoms with Crippen molar-refractivity contribution < 1.29 is 14.3 Å². The molecule has 1 N–H and O–H groups in total. The van der Waals surface area contributed by atoms with Crippen LogP contribution in [0.25, 0.3) is 0 Å². The Balaban J connectivity index is 2.19. The molecular formula is C24H32N2O3. The second kappa shape index (κ2) is 11.2. The van der Waals surface area contributed by atoms with E-state index in [9.17, 15) is 9.59 Å². The summed E-state index contributed by atoms with van der Waals surface area (Å²) in [6.45, 7) is 8.78. The highest BCUT2D eigenvalue weighted by molar-refractivity contribution is 5.88. The van der Waals surface area contributed by atoms with Crippen molar-refractivity contribution in [3.05, 3.63) is 65.2 Å². The molecule has 5 heteroatoms. The Bertz CT molecular complexity index is 805. The number of hydrogen-bond donors (Lipinski definition) is 1. The van der Waals surface area contributed by atoms with Gasteiger partial charge in [-0.3, -0.25) is 9.59 Å². The molecule has 5 nitrogen and oxygen atoms in total. The van der Waals surface area contributed by atoms with Gasteiger partial charge in [-0.1, -0.05) is 56.3 Å². The van der Waals surface area contributed by atoms with Gasteiger partial charge in [-0.15, -0.1) is 0 Å². The Morgan fingerprint density at radius 1 is 1.03 bits per heavy atom. The van der Waals surface area contributed by atoms with Gasteiger partial charge in [0.1, 0.15) is 11.8 Å². The molecule has 0 bridgehead atoms. The maximum Gasteiger partial charge on any atom is 0.261 e. The third-order valence-electron chi connectivity index (χ3n) is 5.04. The van der Waals surface area contributed by atoms with Crippen molar-refractivity contribution in [3.63, 3.8) is 0 Å². The number of benzene rings is 2. The van der Waals surface area contributed by atoms with E-state index >= 15 is 0 Å². The highest BCUT2D eigenvalue weighted by atomic mass is 16.5. The molecule has 0 radical (unpaired) electrons. The van der Waals surface area contributed by atoms with Crippen LogP contribution in [0.2, 0.25) is 0 Å². The SMILES string of the molecule is CCCNC(=O)C(CC)N(Cc1ccccc1)C(=O)COc1cccc(C)c1C. The lowest BCUT2D eigenvalue weighted by molar-refractivity contribution is -0.143. The first-order valence-corrected chi connectivity index (χ1v) is 10.3. The second-order valence-corrected chi connectivity index (χ2v) is 7.21. The van der Waals surface area contributed by atoms with Gasteiger partial charge < -0.3 is 15.0 Å². The van der Waals surface area contributed by atoms with E-state index in [-0.39, 0.29) is 18.4 Å². The molecule has 1 atom stereocenters. The fourth-order valence-electron chi connectivity index (χ4n) is 3.17. The van der Waals surface area contributed by atoms with Gasteiger partial charge in [0.05, 0.1) is 0 Å². The molecular weight excluding hydrogens is 364 g/mol. The van der Waals surface area contributed by atoms with Crippen LogP contribution in [0.3, 0.4) is 0 Å². The maximum absolute atomic E-state index is 13.1. The highest BCUT2D eigenvalue weighted by Gasteiger charge is 2.28. The highest BCUT2D eigenvalue weighted by Crippen LogP contribution is 2.21. The van der Waals surface area contributed by atoms with Crippen LogP contribution >= 0.6 is 0 Å². The van der Waals surface area contributed by atoms with Crippen molar-refractivity contribution in [1.29, 1.82) is 0 Å². The van der Waals surface area contributed by atoms with Crippen molar-refractivity contribution in [2.75, 3.05) is 13.2 Å². The van der Waals surface area contributed by atoms with E-state index in [4.69, 9.17) is 4.74 Å². The number of amides is 2. The molecule has 0 saturated heterocycles. The van der Waals surface area contributed by atoms with E-state index in [1.807, 2.05) is 76.2 Å². The van der Waals surface area contributed by atoms with E-state index in [0.717, 1.165) is 23.1 Å². The Hall–Kier alpha value is -2.82. The topological polar surface area (TPSA) is 58.6 Å². The molecule has 2 aromatic rings. The summed E-state index contributed by atoms with van der Waals surface area (Å²) >= 11 is 0. The molecule has 0 saturated carbocycles. The fourth-order valence-corrected chi connectivity index (χ4v) is 3.17. The predicted molar refractivity (Wildman–Crippen MR) is 116 cm³/mol. The monoisotopic (exact) mass is 396 g/mol. The summed E-state index contributed by atoms with van der Waals surface area (Å²) in [5.41, 5.74) is 3.11. The first kappa shape index (κ1) is 22.5. The summed E-state index contributed by atoms with van der Waals surface area (Å²) in [6.07, 6.45) is 1.39. The smallest absolute Gasteiger partial charge is 0.261 e. The first-order chi connectivity index (χ1) is 14.0. The number of aryl methyl sites for hydroxylation is 1. The first-order valence-electron chi connectivity index (χ1n) is 10.3. The Morgan fingerprint density at radius 2 is 1.76 bits per heavy atom. The number of carbonyl (C=O) groups excluding carboxylic acids is 2. The number of ether oxygens (including phenoxy) is 1. The Labute approximate surface area is 174 Å². The molecule has 2 aromatic carbocycles. The van der Waals surface area contributed by atoms with Crippen LogP contribution < -0.4 is 10.1 Å². The van der Waals surface area contributed by atoms with Crippen LogP contribution in [-0.4, -0.2) is 35.9 Å². The Kier molecular flexibility index (Phi) is 8.71. The third kappa shape index (κ3) is 6.34. The molecule has 0 spiro atoms. The molecule has 0 fully saturated rings. The Morgan fingerprint density at radius 3 is 2.41 bits per heavy atom. The molecule has 0 aliphatic rings. The van der Waals surface area contributed by atoms with Crippen molar-refractivity contribution in [2.24, 2.45) is 0 Å². The van der Waals surface area contributed by atoms with Crippen LogP contribution in [0.5, 0.6) is 5.75 Å². The fraction of sp³-hybridized carbons (Fsp3) is 0.417. The van der Waals surface area contributed by atoms with Crippen LogP contribution in [0, 0.1) is 13.8 Å². The summed E-state index contributed by atoms with van der Waals surface area (Å²) < 4.78 is 5.83. The molecule has 0 heterocycles. The molecule has 2 rings (SSSR count). The molecule has 0 aromatic heterocycles. The second-order valence-electron chi connectivity index (χ2n) is 7.21. The molecule has 0 aliphatic heterocycles. The number of carbonyl (C=O) groups is 2. The predicted octanol–water partition coefficient (Wildman–Crippen LogP) is 4.02. The minimum absolute atomic E-state index is 0.102. The van der Waals surface area contributed by atoms with Gasteiger partial charge in [0.15, 0.2) is 6.61 Å². The molecule has 1 unspecified atom stereocenters. The quantitative estimate of drug-likeness (QED) is 0.660. The average molecular weight is 397 g/mol. The van der Waals surface area contributed by atoms with E-state index < -0.39 is 6.04 Å². The lowest BCUT2D eigenvalue weighted by Crippen LogP contribution is -2.50. The minimum atomic E-state index is -0.531. The summed E-state index contributed by atoms with van der Waals surface area (Å²) in [5.74, 6) is 0.375. The van der Waals surface area contributed by atoms with Crippen LogP contribution in [0.15, 0.2) is 48.5 Å². The van der Waals surface area contributed by atoms with E-state index in [0.29, 0.717) is 25.3 Å². The number of rotatable bonds is 10. The molecule has 0 aliphatic carbocycles. The van der Waals surface area contributed by atoms with Crippen molar-refractivity contribution in [3.8, 4) is 5.75 Å². The summed E-state index contributed by atoms with van der Waals surface area (Å²) in [6, 6.07) is 15.0. The molecule has 156 valence electrons. The summed E-state index contributed by atoms with van der Waals surface area (Å²) in [5, 5.41) is 2.92. The maximum atomic E-state index is 13.1. The largest absolute Gasteiger partial charge is 0.483 e. The van der Waals surface area contributed by atoms with Crippen LogP contribution in [-0.2, 0) is 16.1 Å². The van der Waals surface area contributed by atoms with Gasteiger partial charge in [-0.2, -0.15) is 0 Å². The summed E-state index contributed by atoms with van der Waals surface area (Å²) in [7, 11) is 0. The zero-order valence-electron chi connectivity index (χ0n) is 17.9. The number of hydrogen-bond acceptors (Lipinski definition) is 3. The number of nitrogens with zero attached hydrogens (tertiary/aromatic N) is 1. The van der Waals surface area contributed by atoms with Crippen molar-refractivity contribution in [1.82, 2.24) is 10.2 Å². The minimum Gasteiger partial charge on any atom is -0.483 e. The van der Waals surface area contributed by atoms with Crippen LogP contribution in [0.1, 0.15) is 43.4 Å². The van der Waals surface area contributed by atoms with E-state index in [2.05, 4.69) is 5.32 Å². The lowest BCUT2D eigenvalue weighted by Gasteiger charge is -2.30. The molecule has 29 heavy (non-hydrogen) atoms. The number of nitrogens with one attached hydrogen (secondary N) is 1. The van der Waals surface area contributed by atoms with E-state index in [1.165, 1.54) is 0 Å². The van der Waals surface area contributed by atoms with Crippen LogP contribution in [0.4, 0.5) is 0 Å². The summed E-state index contributed by atoms with van der Waals surface area (Å²) in [4.78, 5) is 27.4. The van der Waals surface area contributed by atoms with Gasteiger partial charge in [0.25, 0.3) is 5.91 Å². The lowest BCUT2D eigenvalue weighted by atomic mass is 10.1.